The molecule has 4 N–H and O–H groups in total. The SMILES string of the molecule is NCCCN(C(N)=O)C1CCCCC1. The number of carbonyl (C=O) groups excluding carboxylic acids is 1. The molecule has 4 nitrogen and oxygen atoms in total. The van der Waals surface area contributed by atoms with Gasteiger partial charge in [0.25, 0.3) is 0 Å². The Morgan fingerprint density at radius 1 is 1.29 bits per heavy atom. The van der Waals surface area contributed by atoms with E-state index in [0.29, 0.717) is 12.6 Å². The molecule has 1 saturated carbocycles. The third-order valence-corrected chi connectivity index (χ3v) is 2.90. The molecule has 0 heterocycles. The van der Waals surface area contributed by atoms with Gasteiger partial charge in [-0.2, -0.15) is 0 Å². The highest BCUT2D eigenvalue weighted by atomic mass is 16.2. The van der Waals surface area contributed by atoms with E-state index in [9.17, 15) is 4.79 Å². The van der Waals surface area contributed by atoms with Crippen LogP contribution >= 0.6 is 0 Å². The highest BCUT2D eigenvalue weighted by molar-refractivity contribution is 5.72. The molecule has 0 saturated heterocycles. The van der Waals surface area contributed by atoms with Crippen molar-refractivity contribution in [1.29, 1.82) is 0 Å². The van der Waals surface area contributed by atoms with Crippen molar-refractivity contribution < 1.29 is 4.79 Å². The van der Waals surface area contributed by atoms with Crippen LogP contribution in [0.4, 0.5) is 4.79 Å². The van der Waals surface area contributed by atoms with Gasteiger partial charge >= 0.3 is 6.03 Å². The lowest BCUT2D eigenvalue weighted by molar-refractivity contribution is 0.163. The lowest BCUT2D eigenvalue weighted by Crippen LogP contribution is -2.45. The monoisotopic (exact) mass is 199 g/mol. The highest BCUT2D eigenvalue weighted by Crippen LogP contribution is 2.22. The molecular formula is C10H21N3O. The van der Waals surface area contributed by atoms with Crippen LogP contribution in [-0.2, 0) is 0 Å². The molecule has 0 aliphatic heterocycles. The first-order chi connectivity index (χ1) is 6.75. The maximum absolute atomic E-state index is 11.2. The van der Waals surface area contributed by atoms with Gasteiger partial charge in [-0.3, -0.25) is 0 Å². The van der Waals surface area contributed by atoms with Crippen LogP contribution in [0.2, 0.25) is 0 Å². The van der Waals surface area contributed by atoms with Gasteiger partial charge in [0.15, 0.2) is 0 Å². The van der Waals surface area contributed by atoms with Crippen molar-refractivity contribution in [3.8, 4) is 0 Å². The van der Waals surface area contributed by atoms with E-state index in [4.69, 9.17) is 11.5 Å². The minimum absolute atomic E-state index is 0.287. The lowest BCUT2D eigenvalue weighted by Gasteiger charge is -2.33. The normalized spacial score (nSPS) is 18.1. The van der Waals surface area contributed by atoms with Crippen LogP contribution in [0.25, 0.3) is 0 Å². The molecular weight excluding hydrogens is 178 g/mol. The van der Waals surface area contributed by atoms with Gasteiger partial charge in [0.1, 0.15) is 0 Å². The topological polar surface area (TPSA) is 72.3 Å². The summed E-state index contributed by atoms with van der Waals surface area (Å²) >= 11 is 0. The third kappa shape index (κ3) is 3.18. The predicted molar refractivity (Wildman–Crippen MR) is 56.8 cm³/mol. The predicted octanol–water partition coefficient (Wildman–Crippen LogP) is 1.05. The first-order valence-corrected chi connectivity index (χ1v) is 5.52. The molecule has 0 aromatic heterocycles. The van der Waals surface area contributed by atoms with Crippen LogP contribution in [0, 0.1) is 0 Å². The van der Waals surface area contributed by atoms with Crippen molar-refractivity contribution in [3.63, 3.8) is 0 Å². The number of urea groups is 1. The number of nitrogens with zero attached hydrogens (tertiary/aromatic N) is 1. The van der Waals surface area contributed by atoms with Crippen LogP contribution in [0.1, 0.15) is 38.5 Å². The van der Waals surface area contributed by atoms with Crippen molar-refractivity contribution in [1.82, 2.24) is 4.90 Å². The highest BCUT2D eigenvalue weighted by Gasteiger charge is 2.22. The summed E-state index contributed by atoms with van der Waals surface area (Å²) in [6.45, 7) is 1.34. The van der Waals surface area contributed by atoms with Crippen molar-refractivity contribution in [2.45, 2.75) is 44.6 Å². The molecule has 0 spiro atoms. The molecule has 0 unspecified atom stereocenters. The van der Waals surface area contributed by atoms with E-state index in [0.717, 1.165) is 25.8 Å². The zero-order valence-corrected chi connectivity index (χ0v) is 8.74. The quantitative estimate of drug-likeness (QED) is 0.710. The second-order valence-corrected chi connectivity index (χ2v) is 3.97. The molecule has 1 aliphatic rings. The summed E-state index contributed by atoms with van der Waals surface area (Å²) in [6.07, 6.45) is 6.79. The summed E-state index contributed by atoms with van der Waals surface area (Å²) in [5.41, 5.74) is 10.8. The fourth-order valence-corrected chi connectivity index (χ4v) is 2.13. The Hall–Kier alpha value is -0.770. The third-order valence-electron chi connectivity index (χ3n) is 2.90. The second kappa shape index (κ2) is 5.86. The van der Waals surface area contributed by atoms with Gasteiger partial charge in [-0.15, -0.1) is 0 Å². The zero-order valence-electron chi connectivity index (χ0n) is 8.74. The van der Waals surface area contributed by atoms with E-state index in [1.807, 2.05) is 0 Å². The maximum atomic E-state index is 11.2. The van der Waals surface area contributed by atoms with Crippen LogP contribution in [0.5, 0.6) is 0 Å². The Kier molecular flexibility index (Phi) is 4.73. The van der Waals surface area contributed by atoms with Crippen molar-refractivity contribution in [2.24, 2.45) is 11.5 Å². The van der Waals surface area contributed by atoms with Crippen LogP contribution in [-0.4, -0.2) is 30.1 Å². The summed E-state index contributed by atoms with van der Waals surface area (Å²) in [5.74, 6) is 0. The lowest BCUT2D eigenvalue weighted by atomic mass is 9.94. The first kappa shape index (κ1) is 11.3. The molecule has 0 radical (unpaired) electrons. The average molecular weight is 199 g/mol. The van der Waals surface area contributed by atoms with E-state index in [1.165, 1.54) is 19.3 Å². The Morgan fingerprint density at radius 2 is 1.93 bits per heavy atom. The Morgan fingerprint density at radius 3 is 2.43 bits per heavy atom. The molecule has 82 valence electrons. The summed E-state index contributed by atoms with van der Waals surface area (Å²) in [6, 6.07) is 0.0816. The number of carbonyl (C=O) groups is 1. The van der Waals surface area contributed by atoms with E-state index in [2.05, 4.69) is 0 Å². The van der Waals surface area contributed by atoms with Gasteiger partial charge in [-0.05, 0) is 25.8 Å². The van der Waals surface area contributed by atoms with Crippen LogP contribution in [0.15, 0.2) is 0 Å². The molecule has 0 atom stereocenters. The fraction of sp³-hybridized carbons (Fsp3) is 0.900. The number of amides is 2. The largest absolute Gasteiger partial charge is 0.351 e. The molecule has 0 aromatic rings. The average Bonchev–Trinajstić information content (AvgIpc) is 2.19. The standard InChI is InChI=1S/C10H21N3O/c11-7-4-8-13(10(12)14)9-5-2-1-3-6-9/h9H,1-8,11H2,(H2,12,14). The minimum atomic E-state index is -0.287. The van der Waals surface area contributed by atoms with Crippen molar-refractivity contribution >= 4 is 6.03 Å². The molecule has 14 heavy (non-hydrogen) atoms. The van der Waals surface area contributed by atoms with Crippen molar-refractivity contribution in [3.05, 3.63) is 0 Å². The molecule has 1 rings (SSSR count). The molecule has 2 amide bonds. The van der Waals surface area contributed by atoms with Gasteiger partial charge in [0, 0.05) is 12.6 Å². The Labute approximate surface area is 85.6 Å². The molecule has 0 bridgehead atoms. The summed E-state index contributed by atoms with van der Waals surface area (Å²) < 4.78 is 0. The van der Waals surface area contributed by atoms with Gasteiger partial charge in [0.2, 0.25) is 0 Å². The van der Waals surface area contributed by atoms with E-state index < -0.39 is 0 Å². The fourth-order valence-electron chi connectivity index (χ4n) is 2.13. The minimum Gasteiger partial charge on any atom is -0.351 e. The first-order valence-electron chi connectivity index (χ1n) is 5.52. The second-order valence-electron chi connectivity index (χ2n) is 3.97. The van der Waals surface area contributed by atoms with Gasteiger partial charge in [-0.25, -0.2) is 4.79 Å². The zero-order chi connectivity index (χ0) is 10.4. The van der Waals surface area contributed by atoms with E-state index in [-0.39, 0.29) is 6.03 Å². The molecule has 4 heteroatoms. The summed E-state index contributed by atoms with van der Waals surface area (Å²) in [4.78, 5) is 13.0. The Balaban J connectivity index is 2.43. The molecule has 1 fully saturated rings. The number of rotatable bonds is 4. The molecule has 0 aromatic carbocycles. The van der Waals surface area contributed by atoms with Gasteiger partial charge < -0.3 is 16.4 Å². The number of nitrogens with two attached hydrogens (primary N) is 2. The van der Waals surface area contributed by atoms with Gasteiger partial charge in [-0.1, -0.05) is 19.3 Å². The van der Waals surface area contributed by atoms with Crippen LogP contribution < -0.4 is 11.5 Å². The Bertz CT molecular complexity index is 178. The number of hydrogen-bond acceptors (Lipinski definition) is 2. The molecule has 1 aliphatic carbocycles. The van der Waals surface area contributed by atoms with E-state index in [1.54, 1.807) is 4.90 Å². The van der Waals surface area contributed by atoms with E-state index >= 15 is 0 Å². The van der Waals surface area contributed by atoms with Crippen LogP contribution in [0.3, 0.4) is 0 Å². The maximum Gasteiger partial charge on any atom is 0.315 e. The number of primary amides is 1. The number of hydrogen-bond donors (Lipinski definition) is 2. The summed E-state index contributed by atoms with van der Waals surface area (Å²) in [5, 5.41) is 0. The summed E-state index contributed by atoms with van der Waals surface area (Å²) in [7, 11) is 0. The van der Waals surface area contributed by atoms with Gasteiger partial charge in [0.05, 0.1) is 0 Å². The van der Waals surface area contributed by atoms with Crippen molar-refractivity contribution in [2.75, 3.05) is 13.1 Å². The smallest absolute Gasteiger partial charge is 0.315 e.